The van der Waals surface area contributed by atoms with Crippen LogP contribution in [0.1, 0.15) is 52.4 Å². The Hall–Kier alpha value is -0.0800. The quantitative estimate of drug-likeness (QED) is 0.593. The summed E-state index contributed by atoms with van der Waals surface area (Å²) in [4.78, 5) is 0. The summed E-state index contributed by atoms with van der Waals surface area (Å²) in [5.74, 6) is 0. The third-order valence-corrected chi connectivity index (χ3v) is 2.57. The molecule has 0 heterocycles. The first kappa shape index (κ1) is 12.9. The van der Waals surface area contributed by atoms with Crippen molar-refractivity contribution in [3.8, 4) is 0 Å². The Labute approximate surface area is 82.8 Å². The summed E-state index contributed by atoms with van der Waals surface area (Å²) in [6, 6.07) is 0.229. The van der Waals surface area contributed by atoms with Crippen LogP contribution in [0.3, 0.4) is 0 Å². The summed E-state index contributed by atoms with van der Waals surface area (Å²) >= 11 is 0. The fraction of sp³-hybridized carbons (Fsp3) is 1.00. The Morgan fingerprint density at radius 1 is 1.15 bits per heavy atom. The van der Waals surface area contributed by atoms with E-state index in [1.54, 1.807) is 7.11 Å². The van der Waals surface area contributed by atoms with Gasteiger partial charge in [-0.25, -0.2) is 0 Å². The van der Waals surface area contributed by atoms with Crippen molar-refractivity contribution in [1.82, 2.24) is 0 Å². The number of hydrogen-bond acceptors (Lipinski definition) is 2. The maximum absolute atomic E-state index is 6.00. The van der Waals surface area contributed by atoms with Crippen LogP contribution in [-0.2, 0) is 4.74 Å². The molecule has 0 amide bonds. The van der Waals surface area contributed by atoms with E-state index in [2.05, 4.69) is 13.8 Å². The van der Waals surface area contributed by atoms with Crippen LogP contribution in [0.4, 0.5) is 0 Å². The molecule has 2 atom stereocenters. The first-order valence-corrected chi connectivity index (χ1v) is 5.54. The lowest BCUT2D eigenvalue weighted by Crippen LogP contribution is -2.35. The molecule has 0 fully saturated rings. The number of rotatable bonds is 8. The second kappa shape index (κ2) is 8.52. The number of methoxy groups -OCH3 is 1. The van der Waals surface area contributed by atoms with Gasteiger partial charge in [-0.3, -0.25) is 0 Å². The molecule has 0 aromatic heterocycles. The van der Waals surface area contributed by atoms with Crippen molar-refractivity contribution >= 4 is 0 Å². The molecule has 0 aromatic carbocycles. The molecule has 0 bridgehead atoms. The molecule has 0 aliphatic heterocycles. The Morgan fingerprint density at radius 2 is 1.85 bits per heavy atom. The average molecular weight is 187 g/mol. The van der Waals surface area contributed by atoms with Crippen molar-refractivity contribution in [3.63, 3.8) is 0 Å². The van der Waals surface area contributed by atoms with E-state index in [1.165, 1.54) is 25.7 Å². The first-order valence-electron chi connectivity index (χ1n) is 5.54. The van der Waals surface area contributed by atoms with E-state index >= 15 is 0 Å². The van der Waals surface area contributed by atoms with E-state index in [0.717, 1.165) is 12.8 Å². The molecule has 0 aliphatic carbocycles. The molecule has 2 N–H and O–H groups in total. The molecule has 0 spiro atoms. The van der Waals surface area contributed by atoms with E-state index in [9.17, 15) is 0 Å². The third-order valence-electron chi connectivity index (χ3n) is 2.57. The Balaban J connectivity index is 3.42. The predicted octanol–water partition coefficient (Wildman–Crippen LogP) is 2.71. The van der Waals surface area contributed by atoms with Gasteiger partial charge in [-0.15, -0.1) is 0 Å². The van der Waals surface area contributed by atoms with Crippen LogP contribution in [0, 0.1) is 0 Å². The van der Waals surface area contributed by atoms with Crippen LogP contribution in [0.2, 0.25) is 0 Å². The van der Waals surface area contributed by atoms with Crippen LogP contribution < -0.4 is 5.73 Å². The zero-order valence-electron chi connectivity index (χ0n) is 9.38. The van der Waals surface area contributed by atoms with Gasteiger partial charge >= 0.3 is 0 Å². The third kappa shape index (κ3) is 6.05. The van der Waals surface area contributed by atoms with Gasteiger partial charge in [0.2, 0.25) is 0 Å². The molecule has 0 saturated heterocycles. The molecule has 0 rings (SSSR count). The van der Waals surface area contributed by atoms with Gasteiger partial charge in [0, 0.05) is 13.2 Å². The fourth-order valence-corrected chi connectivity index (χ4v) is 1.64. The van der Waals surface area contributed by atoms with Gasteiger partial charge in [0.05, 0.1) is 6.10 Å². The fourth-order valence-electron chi connectivity index (χ4n) is 1.64. The van der Waals surface area contributed by atoms with E-state index < -0.39 is 0 Å². The first-order chi connectivity index (χ1) is 6.26. The van der Waals surface area contributed by atoms with Gasteiger partial charge in [0.15, 0.2) is 0 Å². The average Bonchev–Trinajstić information content (AvgIpc) is 2.14. The molecule has 2 nitrogen and oxygen atoms in total. The zero-order chi connectivity index (χ0) is 10.1. The van der Waals surface area contributed by atoms with Crippen molar-refractivity contribution in [1.29, 1.82) is 0 Å². The minimum Gasteiger partial charge on any atom is -0.380 e. The minimum atomic E-state index is 0.229. The molecular formula is C11H25NO. The Kier molecular flexibility index (Phi) is 8.46. The van der Waals surface area contributed by atoms with Gasteiger partial charge in [0.25, 0.3) is 0 Å². The van der Waals surface area contributed by atoms with E-state index in [0.29, 0.717) is 0 Å². The lowest BCUT2D eigenvalue weighted by Gasteiger charge is -2.20. The highest BCUT2D eigenvalue weighted by molar-refractivity contribution is 4.71. The summed E-state index contributed by atoms with van der Waals surface area (Å²) in [5.41, 5.74) is 6.00. The van der Waals surface area contributed by atoms with Gasteiger partial charge in [-0.2, -0.15) is 0 Å². The monoisotopic (exact) mass is 187 g/mol. The van der Waals surface area contributed by atoms with Crippen LogP contribution in [0.15, 0.2) is 0 Å². The summed E-state index contributed by atoms with van der Waals surface area (Å²) in [6.07, 6.45) is 7.55. The molecule has 0 saturated carbocycles. The topological polar surface area (TPSA) is 35.2 Å². The summed E-state index contributed by atoms with van der Waals surface area (Å²) < 4.78 is 5.29. The Morgan fingerprint density at radius 3 is 2.31 bits per heavy atom. The smallest absolute Gasteiger partial charge is 0.0719 e. The molecule has 0 aromatic rings. The number of unbranched alkanes of at least 4 members (excludes halogenated alkanes) is 3. The van der Waals surface area contributed by atoms with Crippen LogP contribution >= 0.6 is 0 Å². The zero-order valence-corrected chi connectivity index (χ0v) is 9.38. The van der Waals surface area contributed by atoms with Crippen LogP contribution in [0.25, 0.3) is 0 Å². The van der Waals surface area contributed by atoms with E-state index in [-0.39, 0.29) is 12.1 Å². The molecular weight excluding hydrogens is 162 g/mol. The Bertz CT molecular complexity index is 102. The molecule has 80 valence electrons. The maximum Gasteiger partial charge on any atom is 0.0719 e. The molecule has 2 unspecified atom stereocenters. The molecule has 2 heteroatoms. The van der Waals surface area contributed by atoms with E-state index in [1.807, 2.05) is 0 Å². The van der Waals surface area contributed by atoms with Crippen molar-refractivity contribution in [3.05, 3.63) is 0 Å². The van der Waals surface area contributed by atoms with Crippen molar-refractivity contribution in [2.75, 3.05) is 7.11 Å². The van der Waals surface area contributed by atoms with Crippen molar-refractivity contribution < 1.29 is 4.74 Å². The summed E-state index contributed by atoms with van der Waals surface area (Å²) in [7, 11) is 1.75. The largest absolute Gasteiger partial charge is 0.380 e. The highest BCUT2D eigenvalue weighted by Crippen LogP contribution is 2.10. The molecule has 13 heavy (non-hydrogen) atoms. The SMILES string of the molecule is CCCCCCC(N)C(CC)OC. The lowest BCUT2D eigenvalue weighted by atomic mass is 10.0. The van der Waals surface area contributed by atoms with Gasteiger partial charge in [-0.1, -0.05) is 39.5 Å². The number of hydrogen-bond donors (Lipinski definition) is 1. The predicted molar refractivity (Wildman–Crippen MR) is 57.8 cm³/mol. The minimum absolute atomic E-state index is 0.229. The van der Waals surface area contributed by atoms with Gasteiger partial charge in [-0.05, 0) is 12.8 Å². The van der Waals surface area contributed by atoms with Crippen molar-refractivity contribution in [2.45, 2.75) is 64.5 Å². The van der Waals surface area contributed by atoms with Crippen LogP contribution in [-0.4, -0.2) is 19.3 Å². The number of nitrogens with two attached hydrogens (primary N) is 1. The second-order valence-corrected chi connectivity index (χ2v) is 3.70. The van der Waals surface area contributed by atoms with Gasteiger partial charge < -0.3 is 10.5 Å². The summed E-state index contributed by atoms with van der Waals surface area (Å²) in [5, 5.41) is 0. The normalized spacial score (nSPS) is 15.7. The molecule has 0 radical (unpaired) electrons. The highest BCUT2D eigenvalue weighted by Gasteiger charge is 2.13. The van der Waals surface area contributed by atoms with Gasteiger partial charge in [0.1, 0.15) is 0 Å². The molecule has 0 aliphatic rings. The second-order valence-electron chi connectivity index (χ2n) is 3.70. The van der Waals surface area contributed by atoms with E-state index in [4.69, 9.17) is 10.5 Å². The number of ether oxygens (including phenoxy) is 1. The van der Waals surface area contributed by atoms with Crippen LogP contribution in [0.5, 0.6) is 0 Å². The maximum atomic E-state index is 6.00. The highest BCUT2D eigenvalue weighted by atomic mass is 16.5. The van der Waals surface area contributed by atoms with Crippen molar-refractivity contribution in [2.24, 2.45) is 5.73 Å². The summed E-state index contributed by atoms with van der Waals surface area (Å²) in [6.45, 7) is 4.35. The standard InChI is InChI=1S/C11H25NO/c1-4-6-7-8-9-10(12)11(5-2)13-3/h10-11H,4-9,12H2,1-3H3. The lowest BCUT2D eigenvalue weighted by molar-refractivity contribution is 0.0740.